The Morgan fingerprint density at radius 2 is 1.93 bits per heavy atom. The summed E-state index contributed by atoms with van der Waals surface area (Å²) in [7, 11) is 0. The van der Waals surface area contributed by atoms with Gasteiger partial charge in [0.1, 0.15) is 19.1 Å². The third-order valence-electron chi connectivity index (χ3n) is 2.77. The van der Waals surface area contributed by atoms with Crippen LogP contribution >= 0.6 is 0 Å². The average molecular weight is 210 g/mol. The molecule has 15 heavy (non-hydrogen) atoms. The molecule has 0 amide bonds. The molecule has 1 heterocycles. The van der Waals surface area contributed by atoms with Crippen LogP contribution < -0.4 is 4.57 Å². The predicted molar refractivity (Wildman–Crippen MR) is 62.5 cm³/mol. The van der Waals surface area contributed by atoms with Gasteiger partial charge in [0.2, 0.25) is 6.33 Å². The Hall–Kier alpha value is -0.830. The van der Waals surface area contributed by atoms with Crippen molar-refractivity contribution in [1.29, 1.82) is 0 Å². The largest absolute Gasteiger partial charge is 0.268 e. The molecule has 3 heteroatoms. The highest BCUT2D eigenvalue weighted by atomic mass is 15.3. The quantitative estimate of drug-likeness (QED) is 0.626. The van der Waals surface area contributed by atoms with Gasteiger partial charge >= 0.3 is 0 Å². The van der Waals surface area contributed by atoms with Crippen molar-refractivity contribution < 1.29 is 4.57 Å². The summed E-state index contributed by atoms with van der Waals surface area (Å²) in [5, 5.41) is 0. The van der Waals surface area contributed by atoms with Crippen LogP contribution in [0.2, 0.25) is 0 Å². The summed E-state index contributed by atoms with van der Waals surface area (Å²) in [4.78, 5) is 2.41. The second-order valence-corrected chi connectivity index (χ2v) is 3.96. The fourth-order valence-corrected chi connectivity index (χ4v) is 1.65. The maximum atomic E-state index is 2.41. The SMILES string of the molecule is CCCCn1cc[n+](CN(CC)CC)c1. The van der Waals surface area contributed by atoms with E-state index in [9.17, 15) is 0 Å². The first-order chi connectivity index (χ1) is 7.30. The summed E-state index contributed by atoms with van der Waals surface area (Å²) in [5.41, 5.74) is 0. The Labute approximate surface area is 93.3 Å². The van der Waals surface area contributed by atoms with Crippen LogP contribution in [0.15, 0.2) is 18.7 Å². The molecular formula is C12H24N3+. The highest BCUT2D eigenvalue weighted by Gasteiger charge is 2.06. The van der Waals surface area contributed by atoms with E-state index in [1.54, 1.807) is 0 Å². The molecule has 1 aromatic heterocycles. The van der Waals surface area contributed by atoms with Crippen molar-refractivity contribution in [2.24, 2.45) is 0 Å². The fraction of sp³-hybridized carbons (Fsp3) is 0.750. The Bertz CT molecular complexity index is 264. The van der Waals surface area contributed by atoms with Crippen LogP contribution in [0.3, 0.4) is 0 Å². The second-order valence-electron chi connectivity index (χ2n) is 3.96. The van der Waals surface area contributed by atoms with Gasteiger partial charge in [0.05, 0.1) is 6.54 Å². The average Bonchev–Trinajstić information content (AvgIpc) is 2.70. The minimum atomic E-state index is 1.01. The van der Waals surface area contributed by atoms with E-state index in [1.807, 2.05) is 0 Å². The smallest absolute Gasteiger partial charge is 0.244 e. The lowest BCUT2D eigenvalue weighted by molar-refractivity contribution is -0.715. The lowest BCUT2D eigenvalue weighted by atomic mass is 10.3. The van der Waals surface area contributed by atoms with Gasteiger partial charge < -0.3 is 0 Å². The minimum absolute atomic E-state index is 1.01. The summed E-state index contributed by atoms with van der Waals surface area (Å²) in [6, 6.07) is 0. The summed E-state index contributed by atoms with van der Waals surface area (Å²) in [5.74, 6) is 0. The van der Waals surface area contributed by atoms with Crippen molar-refractivity contribution in [2.45, 2.75) is 46.8 Å². The molecule has 86 valence electrons. The van der Waals surface area contributed by atoms with Gasteiger partial charge in [-0.1, -0.05) is 27.2 Å². The van der Waals surface area contributed by atoms with E-state index in [1.165, 1.54) is 12.8 Å². The van der Waals surface area contributed by atoms with Crippen LogP contribution in [-0.2, 0) is 13.2 Å². The van der Waals surface area contributed by atoms with Crippen molar-refractivity contribution >= 4 is 0 Å². The van der Waals surface area contributed by atoms with Gasteiger partial charge in [-0.2, -0.15) is 0 Å². The number of unbranched alkanes of at least 4 members (excludes halogenated alkanes) is 1. The van der Waals surface area contributed by atoms with Gasteiger partial charge in [-0.15, -0.1) is 0 Å². The Morgan fingerprint density at radius 1 is 1.20 bits per heavy atom. The molecule has 0 saturated heterocycles. The second kappa shape index (κ2) is 6.62. The van der Waals surface area contributed by atoms with Crippen LogP contribution in [0.25, 0.3) is 0 Å². The van der Waals surface area contributed by atoms with E-state index in [2.05, 4.69) is 53.5 Å². The lowest BCUT2D eigenvalue weighted by Crippen LogP contribution is -2.42. The molecule has 0 aliphatic rings. The number of hydrogen-bond acceptors (Lipinski definition) is 1. The third kappa shape index (κ3) is 4.04. The lowest BCUT2D eigenvalue weighted by Gasteiger charge is -2.14. The highest BCUT2D eigenvalue weighted by molar-refractivity contribution is 4.65. The number of rotatable bonds is 7. The molecule has 1 rings (SSSR count). The van der Waals surface area contributed by atoms with Crippen molar-refractivity contribution in [2.75, 3.05) is 13.1 Å². The van der Waals surface area contributed by atoms with Crippen LogP contribution in [0, 0.1) is 0 Å². The first kappa shape index (κ1) is 12.2. The molecule has 0 N–H and O–H groups in total. The Kier molecular flexibility index (Phi) is 5.40. The van der Waals surface area contributed by atoms with E-state index in [0.717, 1.165) is 26.3 Å². The first-order valence-corrected chi connectivity index (χ1v) is 6.07. The number of imidazole rings is 1. The van der Waals surface area contributed by atoms with E-state index >= 15 is 0 Å². The Morgan fingerprint density at radius 3 is 2.53 bits per heavy atom. The van der Waals surface area contributed by atoms with Crippen LogP contribution in [0.5, 0.6) is 0 Å². The number of hydrogen-bond donors (Lipinski definition) is 0. The van der Waals surface area contributed by atoms with Gasteiger partial charge in [-0.05, 0) is 19.5 Å². The van der Waals surface area contributed by atoms with Gasteiger partial charge in [0.15, 0.2) is 0 Å². The van der Waals surface area contributed by atoms with Crippen molar-refractivity contribution in [3.8, 4) is 0 Å². The van der Waals surface area contributed by atoms with Crippen LogP contribution in [-0.4, -0.2) is 22.6 Å². The number of aryl methyl sites for hydroxylation is 1. The van der Waals surface area contributed by atoms with Gasteiger partial charge in [-0.25, -0.2) is 9.13 Å². The van der Waals surface area contributed by atoms with Gasteiger partial charge in [0.25, 0.3) is 0 Å². The van der Waals surface area contributed by atoms with E-state index in [4.69, 9.17) is 0 Å². The highest BCUT2D eigenvalue weighted by Crippen LogP contribution is 1.93. The molecule has 0 aromatic carbocycles. The first-order valence-electron chi connectivity index (χ1n) is 6.07. The summed E-state index contributed by atoms with van der Waals surface area (Å²) in [6.45, 7) is 11.0. The van der Waals surface area contributed by atoms with Crippen molar-refractivity contribution in [1.82, 2.24) is 9.47 Å². The molecule has 0 bridgehead atoms. The van der Waals surface area contributed by atoms with Crippen LogP contribution in [0.4, 0.5) is 0 Å². The molecule has 0 radical (unpaired) electrons. The van der Waals surface area contributed by atoms with E-state index in [0.29, 0.717) is 0 Å². The maximum absolute atomic E-state index is 2.41. The van der Waals surface area contributed by atoms with Crippen LogP contribution in [0.1, 0.15) is 33.6 Å². The summed E-state index contributed by atoms with van der Waals surface area (Å²) in [6.07, 6.45) is 9.05. The Balaban J connectivity index is 2.44. The molecular weight excluding hydrogens is 186 g/mol. The molecule has 0 saturated carbocycles. The summed E-state index contributed by atoms with van der Waals surface area (Å²) >= 11 is 0. The van der Waals surface area contributed by atoms with E-state index in [-0.39, 0.29) is 0 Å². The standard InChI is InChI=1S/C12H24N3/c1-4-7-8-14-9-10-15(12-14)11-13(5-2)6-3/h9-10,12H,4-8,11H2,1-3H3/q+1. The zero-order chi connectivity index (χ0) is 11.1. The molecule has 0 unspecified atom stereocenters. The molecule has 0 fully saturated rings. The van der Waals surface area contributed by atoms with Gasteiger partial charge in [0, 0.05) is 0 Å². The number of aromatic nitrogens is 2. The molecule has 3 nitrogen and oxygen atoms in total. The molecule has 0 atom stereocenters. The van der Waals surface area contributed by atoms with E-state index < -0.39 is 0 Å². The minimum Gasteiger partial charge on any atom is -0.268 e. The molecule has 0 spiro atoms. The molecule has 0 aliphatic heterocycles. The van der Waals surface area contributed by atoms with Crippen molar-refractivity contribution in [3.63, 3.8) is 0 Å². The topological polar surface area (TPSA) is 12.0 Å². The normalized spacial score (nSPS) is 11.2. The molecule has 0 aliphatic carbocycles. The zero-order valence-corrected chi connectivity index (χ0v) is 10.3. The van der Waals surface area contributed by atoms with Gasteiger partial charge in [-0.3, -0.25) is 4.90 Å². The summed E-state index contributed by atoms with van der Waals surface area (Å²) < 4.78 is 4.52. The monoisotopic (exact) mass is 210 g/mol. The fourth-order valence-electron chi connectivity index (χ4n) is 1.65. The third-order valence-corrected chi connectivity index (χ3v) is 2.77. The predicted octanol–water partition coefficient (Wildman–Crippen LogP) is 1.87. The zero-order valence-electron chi connectivity index (χ0n) is 10.3. The number of nitrogens with zero attached hydrogens (tertiary/aromatic N) is 3. The molecule has 1 aromatic rings. The van der Waals surface area contributed by atoms with Crippen molar-refractivity contribution in [3.05, 3.63) is 18.7 Å². The maximum Gasteiger partial charge on any atom is 0.244 e.